The van der Waals surface area contributed by atoms with Gasteiger partial charge in [-0.25, -0.2) is 0 Å². The predicted molar refractivity (Wildman–Crippen MR) is 73.1 cm³/mol. The minimum atomic E-state index is -0.203. The highest BCUT2D eigenvalue weighted by Gasteiger charge is 2.19. The van der Waals surface area contributed by atoms with E-state index in [-0.39, 0.29) is 11.4 Å². The van der Waals surface area contributed by atoms with Crippen LogP contribution in [0.2, 0.25) is 0 Å². The zero-order valence-corrected chi connectivity index (χ0v) is 11.3. The molecule has 0 aliphatic heterocycles. The Morgan fingerprint density at radius 3 is 2.78 bits per heavy atom. The van der Waals surface area contributed by atoms with Crippen molar-refractivity contribution < 1.29 is 9.53 Å². The van der Waals surface area contributed by atoms with E-state index in [2.05, 4.69) is 5.92 Å². The van der Waals surface area contributed by atoms with Gasteiger partial charge in [-0.15, -0.1) is 12.3 Å². The third-order valence-electron chi connectivity index (χ3n) is 2.64. The first-order valence-electron chi connectivity index (χ1n) is 6.07. The summed E-state index contributed by atoms with van der Waals surface area (Å²) in [6.07, 6.45) is 6.19. The van der Waals surface area contributed by atoms with Gasteiger partial charge in [0.15, 0.2) is 0 Å². The zero-order valence-electron chi connectivity index (χ0n) is 11.3. The lowest BCUT2D eigenvalue weighted by atomic mass is 9.91. The van der Waals surface area contributed by atoms with Crippen LogP contribution in [0.15, 0.2) is 24.3 Å². The van der Waals surface area contributed by atoms with E-state index in [1.54, 1.807) is 0 Å². The van der Waals surface area contributed by atoms with Crippen LogP contribution in [0.25, 0.3) is 0 Å². The zero-order chi connectivity index (χ0) is 13.6. The van der Waals surface area contributed by atoms with E-state index in [0.717, 1.165) is 11.1 Å². The maximum Gasteiger partial charge on any atom is 0.310 e. The monoisotopic (exact) mass is 244 g/mol. The molecule has 0 unspecified atom stereocenters. The van der Waals surface area contributed by atoms with Gasteiger partial charge in [0, 0.05) is 11.8 Å². The van der Waals surface area contributed by atoms with Crippen molar-refractivity contribution in [2.75, 3.05) is 6.61 Å². The lowest BCUT2D eigenvalue weighted by Gasteiger charge is -2.21. The van der Waals surface area contributed by atoms with Crippen LogP contribution < -0.4 is 0 Å². The maximum absolute atomic E-state index is 11.7. The molecule has 0 aliphatic rings. The molecule has 96 valence electrons. The largest absolute Gasteiger partial charge is 0.465 e. The number of carbonyl (C=O) groups excluding carboxylic acids is 1. The highest BCUT2D eigenvalue weighted by atomic mass is 16.5. The number of benzene rings is 1. The van der Waals surface area contributed by atoms with Crippen LogP contribution in [0.3, 0.4) is 0 Å². The summed E-state index contributed by atoms with van der Waals surface area (Å²) in [6.45, 7) is 6.35. The average Bonchev–Trinajstić information content (AvgIpc) is 2.26. The first-order valence-corrected chi connectivity index (χ1v) is 6.07. The predicted octanol–water partition coefficient (Wildman–Crippen LogP) is 3.13. The molecule has 18 heavy (non-hydrogen) atoms. The van der Waals surface area contributed by atoms with Gasteiger partial charge in [0.2, 0.25) is 0 Å². The second kappa shape index (κ2) is 6.26. The van der Waals surface area contributed by atoms with Crippen LogP contribution >= 0.6 is 0 Å². The molecule has 1 aromatic rings. The second-order valence-corrected chi connectivity index (χ2v) is 5.37. The molecule has 0 saturated carbocycles. The lowest BCUT2D eigenvalue weighted by Crippen LogP contribution is -2.22. The molecule has 0 N–H and O–H groups in total. The topological polar surface area (TPSA) is 26.3 Å². The van der Waals surface area contributed by atoms with Gasteiger partial charge in [-0.05, 0) is 12.5 Å². The minimum absolute atomic E-state index is 0.156. The van der Waals surface area contributed by atoms with Crippen molar-refractivity contribution in [3.63, 3.8) is 0 Å². The van der Waals surface area contributed by atoms with Crippen LogP contribution in [0.1, 0.15) is 31.4 Å². The first kappa shape index (κ1) is 14.3. The summed E-state index contributed by atoms with van der Waals surface area (Å²) in [4.78, 5) is 11.7. The number of rotatable bonds is 5. The van der Waals surface area contributed by atoms with Crippen molar-refractivity contribution in [2.24, 2.45) is 5.41 Å². The fourth-order valence-electron chi connectivity index (χ4n) is 1.64. The quantitative estimate of drug-likeness (QED) is 0.587. The first-order chi connectivity index (χ1) is 8.43. The van der Waals surface area contributed by atoms with Crippen LogP contribution in [0.4, 0.5) is 0 Å². The van der Waals surface area contributed by atoms with Crippen molar-refractivity contribution in [3.8, 4) is 12.3 Å². The van der Waals surface area contributed by atoms with Gasteiger partial charge < -0.3 is 4.74 Å². The molecule has 0 heterocycles. The van der Waals surface area contributed by atoms with Crippen molar-refractivity contribution in [3.05, 3.63) is 35.4 Å². The van der Waals surface area contributed by atoms with Crippen molar-refractivity contribution in [2.45, 2.75) is 33.6 Å². The van der Waals surface area contributed by atoms with Crippen molar-refractivity contribution in [1.29, 1.82) is 0 Å². The van der Waals surface area contributed by atoms with Gasteiger partial charge in [-0.1, -0.05) is 43.7 Å². The summed E-state index contributed by atoms with van der Waals surface area (Å²) in [6, 6.07) is 7.87. The lowest BCUT2D eigenvalue weighted by molar-refractivity contribution is -0.145. The second-order valence-electron chi connectivity index (χ2n) is 5.37. The Bertz CT molecular complexity index is 452. The molecule has 1 aromatic carbocycles. The third kappa shape index (κ3) is 5.05. The Kier molecular flexibility index (Phi) is 4.97. The molecule has 2 nitrogen and oxygen atoms in total. The summed E-state index contributed by atoms with van der Waals surface area (Å²) in [5.41, 5.74) is 1.97. The molecule has 0 aromatic heterocycles. The summed E-state index contributed by atoms with van der Waals surface area (Å²) in [5, 5.41) is 0. The Morgan fingerprint density at radius 2 is 2.17 bits per heavy atom. The molecule has 0 amide bonds. The van der Waals surface area contributed by atoms with Gasteiger partial charge in [0.25, 0.3) is 0 Å². The summed E-state index contributed by atoms with van der Waals surface area (Å²) in [5.74, 6) is 2.39. The van der Waals surface area contributed by atoms with Crippen LogP contribution in [0, 0.1) is 24.7 Å². The molecule has 0 fully saturated rings. The minimum Gasteiger partial charge on any atom is -0.465 e. The van der Waals surface area contributed by atoms with E-state index >= 15 is 0 Å². The summed E-state index contributed by atoms with van der Waals surface area (Å²) in [7, 11) is 0. The number of ether oxygens (including phenoxy) is 1. The molecule has 0 aliphatic carbocycles. The Balaban J connectivity index is 2.46. The van der Waals surface area contributed by atoms with Crippen molar-refractivity contribution >= 4 is 5.97 Å². The highest BCUT2D eigenvalue weighted by molar-refractivity contribution is 5.72. The standard InChI is InChI=1S/C16H20O2/c1-5-9-16(3,4)12-18-15(17)11-14-8-6-7-13(2)10-14/h1,6-8,10H,9,11-12H2,2-4H3. The van der Waals surface area contributed by atoms with Crippen LogP contribution in [-0.2, 0) is 16.0 Å². The molecular weight excluding hydrogens is 224 g/mol. The molecule has 2 heteroatoms. The van der Waals surface area contributed by atoms with E-state index in [1.165, 1.54) is 0 Å². The van der Waals surface area contributed by atoms with Gasteiger partial charge in [-0.2, -0.15) is 0 Å². The fourth-order valence-corrected chi connectivity index (χ4v) is 1.64. The third-order valence-corrected chi connectivity index (χ3v) is 2.64. The molecule has 0 spiro atoms. The van der Waals surface area contributed by atoms with E-state index in [1.807, 2.05) is 45.0 Å². The van der Waals surface area contributed by atoms with Gasteiger partial charge in [0.05, 0.1) is 13.0 Å². The van der Waals surface area contributed by atoms with Crippen LogP contribution in [0.5, 0.6) is 0 Å². The van der Waals surface area contributed by atoms with Crippen LogP contribution in [-0.4, -0.2) is 12.6 Å². The molecule has 1 rings (SSSR count). The number of aryl methyl sites for hydroxylation is 1. The van der Waals surface area contributed by atoms with Gasteiger partial charge in [0.1, 0.15) is 0 Å². The Morgan fingerprint density at radius 1 is 1.44 bits per heavy atom. The van der Waals surface area contributed by atoms with Gasteiger partial charge in [-0.3, -0.25) is 4.79 Å². The molecule has 0 bridgehead atoms. The van der Waals surface area contributed by atoms with E-state index < -0.39 is 0 Å². The van der Waals surface area contributed by atoms with E-state index in [9.17, 15) is 4.79 Å². The number of hydrogen-bond donors (Lipinski definition) is 0. The molecule has 0 radical (unpaired) electrons. The Labute approximate surface area is 109 Å². The number of carbonyl (C=O) groups is 1. The highest BCUT2D eigenvalue weighted by Crippen LogP contribution is 2.20. The smallest absolute Gasteiger partial charge is 0.310 e. The SMILES string of the molecule is C#CCC(C)(C)COC(=O)Cc1cccc(C)c1. The maximum atomic E-state index is 11.7. The van der Waals surface area contributed by atoms with E-state index in [4.69, 9.17) is 11.2 Å². The summed E-state index contributed by atoms with van der Waals surface area (Å²) >= 11 is 0. The fraction of sp³-hybridized carbons (Fsp3) is 0.438. The normalized spacial score (nSPS) is 10.8. The number of hydrogen-bond acceptors (Lipinski definition) is 2. The molecular formula is C16H20O2. The van der Waals surface area contributed by atoms with Gasteiger partial charge >= 0.3 is 5.97 Å². The van der Waals surface area contributed by atoms with Crippen molar-refractivity contribution in [1.82, 2.24) is 0 Å². The Hall–Kier alpha value is -1.75. The number of esters is 1. The molecule has 0 saturated heterocycles. The number of terminal acetylenes is 1. The average molecular weight is 244 g/mol. The summed E-state index contributed by atoms with van der Waals surface area (Å²) < 4.78 is 5.27. The van der Waals surface area contributed by atoms with E-state index in [0.29, 0.717) is 19.4 Å². The molecule has 0 atom stereocenters.